The maximum absolute atomic E-state index is 6.29. The maximum atomic E-state index is 6.29. The molecule has 0 bridgehead atoms. The number of nitrogens with zero attached hydrogens (tertiary/aromatic N) is 1. The molecule has 1 fully saturated rings. The average Bonchev–Trinajstić information content (AvgIpc) is 3.49. The fraction of sp³-hybridized carbons (Fsp3) is 0.207. The Bertz CT molecular complexity index is 1770. The van der Waals surface area contributed by atoms with Crippen molar-refractivity contribution in [2.75, 3.05) is 0 Å². The van der Waals surface area contributed by atoms with E-state index in [-0.39, 0.29) is 11.2 Å². The van der Waals surface area contributed by atoms with Gasteiger partial charge in [0.2, 0.25) is 0 Å². The van der Waals surface area contributed by atoms with Crippen LogP contribution < -0.4 is 5.46 Å². The highest BCUT2D eigenvalue weighted by Crippen LogP contribution is 2.40. The Morgan fingerprint density at radius 3 is 2.34 bits per heavy atom. The summed E-state index contributed by atoms with van der Waals surface area (Å²) in [6.07, 6.45) is 0. The summed E-state index contributed by atoms with van der Waals surface area (Å²) in [5.41, 5.74) is 3.97. The van der Waals surface area contributed by atoms with Crippen LogP contribution in [0.4, 0.5) is 0 Å². The van der Waals surface area contributed by atoms with Crippen molar-refractivity contribution in [1.29, 1.82) is 0 Å². The van der Waals surface area contributed by atoms with Gasteiger partial charge in [-0.2, -0.15) is 0 Å². The Morgan fingerprint density at radius 1 is 0.771 bits per heavy atom. The van der Waals surface area contributed by atoms with Crippen molar-refractivity contribution in [2.24, 2.45) is 0 Å². The van der Waals surface area contributed by atoms with E-state index in [4.69, 9.17) is 18.7 Å². The van der Waals surface area contributed by atoms with Crippen molar-refractivity contribution in [3.8, 4) is 10.6 Å². The van der Waals surface area contributed by atoms with E-state index in [0.29, 0.717) is 0 Å². The van der Waals surface area contributed by atoms with Gasteiger partial charge in [0.25, 0.3) is 0 Å². The molecule has 0 saturated carbocycles. The first-order valence-electron chi connectivity index (χ1n) is 11.9. The predicted molar refractivity (Wildman–Crippen MR) is 146 cm³/mol. The van der Waals surface area contributed by atoms with Crippen LogP contribution in [0.3, 0.4) is 0 Å². The summed E-state index contributed by atoms with van der Waals surface area (Å²) < 4.78 is 19.9. The van der Waals surface area contributed by atoms with Crippen LogP contribution in [-0.2, 0) is 9.31 Å². The number of thiazole rings is 1. The molecule has 0 aliphatic carbocycles. The molecular weight excluding hydrogens is 453 g/mol. The molecule has 4 aromatic carbocycles. The molecular formula is C29H24BNO3S. The number of rotatable bonds is 2. The molecule has 3 heterocycles. The molecule has 4 nitrogen and oxygen atoms in total. The summed E-state index contributed by atoms with van der Waals surface area (Å²) in [6, 6.07) is 25.3. The van der Waals surface area contributed by atoms with Crippen LogP contribution in [0.25, 0.3) is 53.5 Å². The molecule has 1 aliphatic heterocycles. The van der Waals surface area contributed by atoms with Gasteiger partial charge in [0.1, 0.15) is 16.2 Å². The highest BCUT2D eigenvalue weighted by molar-refractivity contribution is 7.21. The van der Waals surface area contributed by atoms with Crippen LogP contribution in [0.2, 0.25) is 0 Å². The topological polar surface area (TPSA) is 44.5 Å². The molecule has 35 heavy (non-hydrogen) atoms. The molecule has 1 saturated heterocycles. The normalized spacial score (nSPS) is 17.3. The Hall–Kier alpha value is -3.19. The third-order valence-corrected chi connectivity index (χ3v) is 8.61. The summed E-state index contributed by atoms with van der Waals surface area (Å²) in [5.74, 6) is 0. The van der Waals surface area contributed by atoms with E-state index >= 15 is 0 Å². The van der Waals surface area contributed by atoms with Crippen LogP contribution in [0.15, 0.2) is 77.2 Å². The van der Waals surface area contributed by atoms with Crippen LogP contribution in [-0.4, -0.2) is 23.3 Å². The molecule has 0 unspecified atom stereocenters. The molecule has 0 N–H and O–H groups in total. The van der Waals surface area contributed by atoms with Crippen LogP contribution in [0, 0.1) is 0 Å². The lowest BCUT2D eigenvalue weighted by Crippen LogP contribution is -2.41. The molecule has 1 aliphatic rings. The lowest BCUT2D eigenvalue weighted by Gasteiger charge is -2.32. The molecule has 0 radical (unpaired) electrons. The Labute approximate surface area is 207 Å². The molecule has 2 aromatic heterocycles. The van der Waals surface area contributed by atoms with Gasteiger partial charge < -0.3 is 13.7 Å². The standard InChI is InChI=1S/C29H24BNO3S/c1-28(2)29(3,4)34-30(33-28)20-11-12-21-23(16-20)32-22-13-14-24-26(25(21)22)31-27(35-24)19-10-9-17-7-5-6-8-18(17)15-19/h5-16H,1-4H3. The third kappa shape index (κ3) is 3.17. The summed E-state index contributed by atoms with van der Waals surface area (Å²) in [7, 11) is -0.420. The quantitative estimate of drug-likeness (QED) is 0.245. The van der Waals surface area contributed by atoms with E-state index in [9.17, 15) is 0 Å². The molecule has 0 spiro atoms. The second kappa shape index (κ2) is 7.17. The second-order valence-corrected chi connectivity index (χ2v) is 11.3. The van der Waals surface area contributed by atoms with E-state index in [1.807, 2.05) is 6.07 Å². The fourth-order valence-electron chi connectivity index (χ4n) is 4.84. The number of fused-ring (bicyclic) bond motifs is 6. The maximum Gasteiger partial charge on any atom is 0.494 e. The van der Waals surface area contributed by atoms with Gasteiger partial charge in [-0.15, -0.1) is 11.3 Å². The highest BCUT2D eigenvalue weighted by atomic mass is 32.1. The van der Waals surface area contributed by atoms with Crippen molar-refractivity contribution in [3.05, 3.63) is 72.8 Å². The minimum atomic E-state index is -0.420. The van der Waals surface area contributed by atoms with E-state index in [0.717, 1.165) is 48.2 Å². The van der Waals surface area contributed by atoms with Crippen LogP contribution in [0.1, 0.15) is 27.7 Å². The van der Waals surface area contributed by atoms with Gasteiger partial charge in [0.05, 0.1) is 26.8 Å². The van der Waals surface area contributed by atoms with Gasteiger partial charge in [0, 0.05) is 10.9 Å². The van der Waals surface area contributed by atoms with Crippen LogP contribution in [0.5, 0.6) is 0 Å². The average molecular weight is 477 g/mol. The molecule has 0 atom stereocenters. The fourth-order valence-corrected chi connectivity index (χ4v) is 5.81. The lowest BCUT2D eigenvalue weighted by atomic mass is 9.79. The molecule has 0 amide bonds. The van der Waals surface area contributed by atoms with Crippen molar-refractivity contribution in [3.63, 3.8) is 0 Å². The van der Waals surface area contributed by atoms with E-state index in [1.165, 1.54) is 10.8 Å². The number of hydrogen-bond donors (Lipinski definition) is 0. The minimum Gasteiger partial charge on any atom is -0.456 e. The van der Waals surface area contributed by atoms with Gasteiger partial charge in [0.15, 0.2) is 0 Å². The lowest BCUT2D eigenvalue weighted by molar-refractivity contribution is 0.00578. The van der Waals surface area contributed by atoms with E-state index in [1.54, 1.807) is 11.3 Å². The first-order chi connectivity index (χ1) is 16.8. The van der Waals surface area contributed by atoms with Crippen molar-refractivity contribution >= 4 is 66.8 Å². The molecule has 172 valence electrons. The Morgan fingerprint density at radius 2 is 1.54 bits per heavy atom. The zero-order chi connectivity index (χ0) is 23.9. The predicted octanol–water partition coefficient (Wildman–Crippen LogP) is 7.32. The first kappa shape index (κ1) is 21.1. The van der Waals surface area contributed by atoms with Gasteiger partial charge in [-0.05, 0) is 68.2 Å². The van der Waals surface area contributed by atoms with Gasteiger partial charge >= 0.3 is 7.12 Å². The van der Waals surface area contributed by atoms with Crippen LogP contribution >= 0.6 is 11.3 Å². The van der Waals surface area contributed by atoms with Gasteiger partial charge in [-0.25, -0.2) is 4.98 Å². The van der Waals surface area contributed by atoms with E-state index < -0.39 is 7.12 Å². The van der Waals surface area contributed by atoms with E-state index in [2.05, 4.69) is 94.4 Å². The largest absolute Gasteiger partial charge is 0.494 e. The summed E-state index contributed by atoms with van der Waals surface area (Å²) in [4.78, 5) is 5.09. The first-order valence-corrected chi connectivity index (χ1v) is 12.7. The molecule has 6 aromatic rings. The zero-order valence-electron chi connectivity index (χ0n) is 20.1. The number of furan rings is 1. The third-order valence-electron chi connectivity index (χ3n) is 7.54. The van der Waals surface area contributed by atoms with Crippen molar-refractivity contribution < 1.29 is 13.7 Å². The van der Waals surface area contributed by atoms with Crippen molar-refractivity contribution in [1.82, 2.24) is 4.98 Å². The number of benzene rings is 4. The Balaban J connectivity index is 1.35. The monoisotopic (exact) mass is 477 g/mol. The highest BCUT2D eigenvalue weighted by Gasteiger charge is 2.51. The Kier molecular flexibility index (Phi) is 4.33. The molecule has 6 heteroatoms. The smallest absolute Gasteiger partial charge is 0.456 e. The second-order valence-electron chi connectivity index (χ2n) is 10.3. The summed E-state index contributed by atoms with van der Waals surface area (Å²) in [6.45, 7) is 8.27. The zero-order valence-corrected chi connectivity index (χ0v) is 20.9. The minimum absolute atomic E-state index is 0.383. The van der Waals surface area contributed by atoms with Gasteiger partial charge in [-0.1, -0.05) is 48.5 Å². The number of aromatic nitrogens is 1. The summed E-state index contributed by atoms with van der Waals surface area (Å²) >= 11 is 1.72. The van der Waals surface area contributed by atoms with Crippen molar-refractivity contribution in [2.45, 2.75) is 38.9 Å². The molecule has 7 rings (SSSR count). The number of hydrogen-bond acceptors (Lipinski definition) is 5. The van der Waals surface area contributed by atoms with Gasteiger partial charge in [-0.3, -0.25) is 0 Å². The SMILES string of the molecule is CC1(C)OB(c2ccc3c(c2)oc2ccc4sc(-c5ccc6ccccc6c5)nc4c23)OC1(C)C. The summed E-state index contributed by atoms with van der Waals surface area (Å²) in [5, 5.41) is 5.58.